The fraction of sp³-hybridized carbons (Fsp3) is 0.556. The van der Waals surface area contributed by atoms with Crippen molar-refractivity contribution >= 4 is 17.6 Å². The summed E-state index contributed by atoms with van der Waals surface area (Å²) < 4.78 is 5.10. The van der Waals surface area contributed by atoms with E-state index in [4.69, 9.17) is 10.5 Å². The molecule has 0 aromatic heterocycles. The number of nitrogens with zero attached hydrogens (tertiary/aromatic N) is 1. The second-order valence-corrected chi connectivity index (χ2v) is 6.59. The Bertz CT molecular complexity index is 566. The number of nitrogen functional groups attached to an aromatic ring is 1. The lowest BCUT2D eigenvalue weighted by molar-refractivity contribution is -0.152. The van der Waals surface area contributed by atoms with Gasteiger partial charge in [-0.3, -0.25) is 9.59 Å². The molecule has 1 atom stereocenters. The molecular formula is C18H26N2O3. The van der Waals surface area contributed by atoms with Crippen molar-refractivity contribution in [1.29, 1.82) is 0 Å². The number of hydrogen-bond donors (Lipinski definition) is 1. The van der Waals surface area contributed by atoms with Gasteiger partial charge in [0.05, 0.1) is 17.9 Å². The molecule has 0 saturated carbocycles. The predicted octanol–water partition coefficient (Wildman–Crippen LogP) is 2.35. The summed E-state index contributed by atoms with van der Waals surface area (Å²) in [6.45, 7) is 7.13. The number of hydrogen-bond acceptors (Lipinski definition) is 4. The Labute approximate surface area is 137 Å². The van der Waals surface area contributed by atoms with Gasteiger partial charge in [0, 0.05) is 18.8 Å². The number of carbonyl (C=O) groups excluding carboxylic acids is 2. The third kappa shape index (κ3) is 3.84. The van der Waals surface area contributed by atoms with Crippen LogP contribution in [0.15, 0.2) is 24.3 Å². The van der Waals surface area contributed by atoms with Gasteiger partial charge in [-0.1, -0.05) is 12.1 Å². The van der Waals surface area contributed by atoms with E-state index < -0.39 is 5.41 Å². The van der Waals surface area contributed by atoms with Crippen molar-refractivity contribution in [2.45, 2.75) is 39.0 Å². The van der Waals surface area contributed by atoms with Crippen molar-refractivity contribution in [1.82, 2.24) is 4.90 Å². The molecular weight excluding hydrogens is 292 g/mol. The maximum atomic E-state index is 13.0. The molecule has 1 aromatic carbocycles. The van der Waals surface area contributed by atoms with Crippen LogP contribution in [0.5, 0.6) is 0 Å². The number of likely N-dealkylation sites (tertiary alicyclic amines) is 1. The van der Waals surface area contributed by atoms with Crippen LogP contribution < -0.4 is 5.73 Å². The molecule has 23 heavy (non-hydrogen) atoms. The number of nitrogens with two attached hydrogens (primary N) is 1. The molecule has 0 bridgehead atoms. The molecule has 0 radical (unpaired) electrons. The van der Waals surface area contributed by atoms with Crippen molar-refractivity contribution < 1.29 is 14.3 Å². The fourth-order valence-electron chi connectivity index (χ4n) is 3.03. The summed E-state index contributed by atoms with van der Waals surface area (Å²) in [5, 5.41) is 0. The lowest BCUT2D eigenvalue weighted by Crippen LogP contribution is -2.49. The molecule has 5 heteroatoms. The van der Waals surface area contributed by atoms with Gasteiger partial charge in [0.25, 0.3) is 0 Å². The van der Waals surface area contributed by atoms with Crippen LogP contribution in [0.2, 0.25) is 0 Å². The average molecular weight is 318 g/mol. The molecule has 1 saturated heterocycles. The Kier molecular flexibility index (Phi) is 5.29. The Balaban J connectivity index is 2.12. The third-order valence-corrected chi connectivity index (χ3v) is 4.50. The molecule has 1 aliphatic rings. The second kappa shape index (κ2) is 7.02. The summed E-state index contributed by atoms with van der Waals surface area (Å²) in [7, 11) is 0. The van der Waals surface area contributed by atoms with Gasteiger partial charge in [-0.2, -0.15) is 0 Å². The number of benzene rings is 1. The van der Waals surface area contributed by atoms with E-state index >= 15 is 0 Å². The SMILES string of the molecule is CCOC(=O)C1CCCN(C(=O)C(C)(C)c2ccc(N)cc2)C1. The van der Waals surface area contributed by atoms with Crippen LogP contribution in [0.4, 0.5) is 5.69 Å². The van der Waals surface area contributed by atoms with E-state index in [1.54, 1.807) is 11.8 Å². The minimum absolute atomic E-state index is 0.0382. The average Bonchev–Trinajstić information content (AvgIpc) is 2.55. The van der Waals surface area contributed by atoms with E-state index in [9.17, 15) is 9.59 Å². The van der Waals surface area contributed by atoms with Gasteiger partial charge in [-0.25, -0.2) is 0 Å². The van der Waals surface area contributed by atoms with Gasteiger partial charge < -0.3 is 15.4 Å². The number of amides is 1. The highest BCUT2D eigenvalue weighted by Crippen LogP contribution is 2.29. The Morgan fingerprint density at radius 1 is 1.30 bits per heavy atom. The number of ether oxygens (including phenoxy) is 1. The summed E-state index contributed by atoms with van der Waals surface area (Å²) in [5.41, 5.74) is 6.68. The molecule has 0 spiro atoms. The maximum Gasteiger partial charge on any atom is 0.310 e. The van der Waals surface area contributed by atoms with Crippen LogP contribution in [0.25, 0.3) is 0 Å². The van der Waals surface area contributed by atoms with Crippen molar-refractivity contribution in [2.24, 2.45) is 5.92 Å². The van der Waals surface area contributed by atoms with E-state index in [1.807, 2.05) is 38.1 Å². The minimum atomic E-state index is -0.649. The molecule has 1 heterocycles. The molecule has 0 aliphatic carbocycles. The first-order valence-electron chi connectivity index (χ1n) is 8.18. The van der Waals surface area contributed by atoms with Gasteiger partial charge in [-0.15, -0.1) is 0 Å². The first-order chi connectivity index (χ1) is 10.9. The van der Waals surface area contributed by atoms with Crippen molar-refractivity contribution in [3.05, 3.63) is 29.8 Å². The van der Waals surface area contributed by atoms with Gasteiger partial charge in [0.2, 0.25) is 5.91 Å². The van der Waals surface area contributed by atoms with E-state index in [1.165, 1.54) is 0 Å². The monoisotopic (exact) mass is 318 g/mol. The van der Waals surface area contributed by atoms with Crippen molar-refractivity contribution in [3.63, 3.8) is 0 Å². The van der Waals surface area contributed by atoms with Crippen molar-refractivity contribution in [3.8, 4) is 0 Å². The van der Waals surface area contributed by atoms with Crippen LogP contribution >= 0.6 is 0 Å². The molecule has 2 N–H and O–H groups in total. The van der Waals surface area contributed by atoms with Gasteiger partial charge in [-0.05, 0) is 51.3 Å². The summed E-state index contributed by atoms with van der Waals surface area (Å²) in [5.74, 6) is -0.374. The van der Waals surface area contributed by atoms with Gasteiger partial charge >= 0.3 is 5.97 Å². The molecule has 1 aromatic rings. The van der Waals surface area contributed by atoms with Gasteiger partial charge in [0.15, 0.2) is 0 Å². The van der Waals surface area contributed by atoms with Crippen LogP contribution in [0, 0.1) is 5.92 Å². The lowest BCUT2D eigenvalue weighted by atomic mass is 9.82. The summed E-state index contributed by atoms with van der Waals surface area (Å²) >= 11 is 0. The van der Waals surface area contributed by atoms with E-state index in [0.717, 1.165) is 18.4 Å². The highest BCUT2D eigenvalue weighted by atomic mass is 16.5. The first-order valence-corrected chi connectivity index (χ1v) is 8.18. The Hall–Kier alpha value is -2.04. The molecule has 5 nitrogen and oxygen atoms in total. The normalized spacial score (nSPS) is 18.6. The molecule has 126 valence electrons. The van der Waals surface area contributed by atoms with E-state index in [-0.39, 0.29) is 17.8 Å². The Morgan fingerprint density at radius 2 is 1.96 bits per heavy atom. The maximum absolute atomic E-state index is 13.0. The highest BCUT2D eigenvalue weighted by molar-refractivity contribution is 5.88. The van der Waals surface area contributed by atoms with Crippen LogP contribution in [0.3, 0.4) is 0 Å². The van der Waals surface area contributed by atoms with E-state index in [2.05, 4.69) is 0 Å². The molecule has 1 aliphatic heterocycles. The minimum Gasteiger partial charge on any atom is -0.466 e. The number of rotatable bonds is 4. The molecule has 1 unspecified atom stereocenters. The largest absolute Gasteiger partial charge is 0.466 e. The quantitative estimate of drug-likeness (QED) is 0.683. The standard InChI is InChI=1S/C18H26N2O3/c1-4-23-16(21)13-6-5-11-20(12-13)17(22)18(2,3)14-7-9-15(19)10-8-14/h7-10,13H,4-6,11-12,19H2,1-3H3. The fourth-order valence-corrected chi connectivity index (χ4v) is 3.03. The van der Waals surface area contributed by atoms with Crippen LogP contribution in [-0.4, -0.2) is 36.5 Å². The van der Waals surface area contributed by atoms with Gasteiger partial charge in [0.1, 0.15) is 0 Å². The lowest BCUT2D eigenvalue weighted by Gasteiger charge is -2.37. The third-order valence-electron chi connectivity index (χ3n) is 4.50. The molecule has 2 rings (SSSR count). The van der Waals surface area contributed by atoms with Crippen LogP contribution in [0.1, 0.15) is 39.2 Å². The topological polar surface area (TPSA) is 72.6 Å². The summed E-state index contributed by atoms with van der Waals surface area (Å²) in [6, 6.07) is 7.39. The number of esters is 1. The second-order valence-electron chi connectivity index (χ2n) is 6.59. The van der Waals surface area contributed by atoms with Crippen LogP contribution in [-0.2, 0) is 19.7 Å². The summed E-state index contributed by atoms with van der Waals surface area (Å²) in [6.07, 6.45) is 1.61. The van der Waals surface area contributed by atoms with E-state index in [0.29, 0.717) is 25.4 Å². The zero-order chi connectivity index (χ0) is 17.0. The zero-order valence-electron chi connectivity index (χ0n) is 14.2. The van der Waals surface area contributed by atoms with Crippen molar-refractivity contribution in [2.75, 3.05) is 25.4 Å². The molecule has 1 amide bonds. The number of piperidine rings is 1. The smallest absolute Gasteiger partial charge is 0.310 e. The Morgan fingerprint density at radius 3 is 2.57 bits per heavy atom. The molecule has 1 fully saturated rings. The summed E-state index contributed by atoms with van der Waals surface area (Å²) in [4.78, 5) is 26.7. The first kappa shape index (κ1) is 17.3. The number of carbonyl (C=O) groups is 2. The zero-order valence-corrected chi connectivity index (χ0v) is 14.2. The highest BCUT2D eigenvalue weighted by Gasteiger charge is 2.37. The predicted molar refractivity (Wildman–Crippen MR) is 89.8 cm³/mol. The number of anilines is 1.